The van der Waals surface area contributed by atoms with Crippen LogP contribution >= 0.6 is 0 Å². The molecule has 9 nitrogen and oxygen atoms in total. The number of piperidine rings is 1. The maximum atomic E-state index is 12.9. The molecule has 0 spiro atoms. The second-order valence-corrected chi connectivity index (χ2v) is 10.4. The van der Waals surface area contributed by atoms with Crippen LogP contribution in [0.2, 0.25) is 0 Å². The second-order valence-electron chi connectivity index (χ2n) is 8.42. The van der Waals surface area contributed by atoms with Gasteiger partial charge in [-0.25, -0.2) is 12.7 Å². The smallest absolute Gasteiger partial charge is 0.225 e. The van der Waals surface area contributed by atoms with Crippen molar-refractivity contribution in [2.24, 2.45) is 13.0 Å². The van der Waals surface area contributed by atoms with Crippen LogP contribution in [0.4, 0.5) is 0 Å². The third-order valence-electron chi connectivity index (χ3n) is 6.28. The summed E-state index contributed by atoms with van der Waals surface area (Å²) in [4.78, 5) is 21.4. The first-order chi connectivity index (χ1) is 14.8. The van der Waals surface area contributed by atoms with Crippen molar-refractivity contribution in [2.45, 2.75) is 19.4 Å². The van der Waals surface area contributed by atoms with E-state index in [1.807, 2.05) is 35.0 Å². The number of aryl methyl sites for hydroxylation is 1. The van der Waals surface area contributed by atoms with Gasteiger partial charge in [0.15, 0.2) is 0 Å². The van der Waals surface area contributed by atoms with Crippen LogP contribution in [0.5, 0.6) is 0 Å². The fraction of sp³-hybridized carbons (Fsp3) is 0.571. The number of hydrogen-bond acceptors (Lipinski definition) is 6. The average molecular weight is 447 g/mol. The van der Waals surface area contributed by atoms with Gasteiger partial charge in [0.1, 0.15) is 0 Å². The van der Waals surface area contributed by atoms with Gasteiger partial charge in [0, 0.05) is 76.7 Å². The van der Waals surface area contributed by atoms with Crippen molar-refractivity contribution in [3.63, 3.8) is 0 Å². The van der Waals surface area contributed by atoms with Crippen molar-refractivity contribution in [3.05, 3.63) is 36.3 Å². The van der Waals surface area contributed by atoms with Gasteiger partial charge in [-0.2, -0.15) is 5.10 Å². The normalized spacial score (nSPS) is 19.6. The fourth-order valence-electron chi connectivity index (χ4n) is 4.36. The summed E-state index contributed by atoms with van der Waals surface area (Å²) in [5.74, 6) is 0.107. The van der Waals surface area contributed by atoms with Crippen molar-refractivity contribution < 1.29 is 13.2 Å². The molecule has 4 rings (SSSR count). The van der Waals surface area contributed by atoms with E-state index in [0.717, 1.165) is 36.6 Å². The number of aromatic nitrogens is 3. The molecule has 1 amide bonds. The minimum absolute atomic E-state index is 0.0661. The highest BCUT2D eigenvalue weighted by Crippen LogP contribution is 2.23. The predicted octanol–water partition coefficient (Wildman–Crippen LogP) is 0.798. The largest absolute Gasteiger partial charge is 0.340 e. The van der Waals surface area contributed by atoms with E-state index < -0.39 is 10.0 Å². The van der Waals surface area contributed by atoms with E-state index in [1.54, 1.807) is 6.20 Å². The lowest BCUT2D eigenvalue weighted by Gasteiger charge is -2.38. The fourth-order valence-corrected chi connectivity index (χ4v) is 5.23. The maximum absolute atomic E-state index is 12.9. The van der Waals surface area contributed by atoms with Crippen LogP contribution in [0.3, 0.4) is 0 Å². The van der Waals surface area contributed by atoms with Gasteiger partial charge >= 0.3 is 0 Å². The first-order valence-electron chi connectivity index (χ1n) is 10.7. The Kier molecular flexibility index (Phi) is 6.40. The van der Waals surface area contributed by atoms with E-state index in [2.05, 4.69) is 21.0 Å². The second kappa shape index (κ2) is 9.05. The summed E-state index contributed by atoms with van der Waals surface area (Å²) >= 11 is 0. The molecule has 168 valence electrons. The standard InChI is InChI=1S/C21H30N6O3S/c1-24-19(14-20(23-24)18-4-3-7-22-15-18)16-25-10-12-26(13-11-25)21(28)17-5-8-27(9-6-17)31(2,29)30/h3-4,7,14-15,17H,5-6,8-13,16H2,1-2H3. The molecule has 2 aromatic rings. The molecular formula is C21H30N6O3S. The first kappa shape index (κ1) is 21.9. The Balaban J connectivity index is 1.29. The predicted molar refractivity (Wildman–Crippen MR) is 117 cm³/mol. The molecule has 10 heteroatoms. The number of hydrogen-bond donors (Lipinski definition) is 0. The van der Waals surface area contributed by atoms with E-state index >= 15 is 0 Å². The van der Waals surface area contributed by atoms with E-state index in [9.17, 15) is 13.2 Å². The number of carbonyl (C=O) groups is 1. The number of piperazine rings is 1. The van der Waals surface area contributed by atoms with Crippen LogP contribution in [0.15, 0.2) is 30.6 Å². The summed E-state index contributed by atoms with van der Waals surface area (Å²) in [6.07, 6.45) is 6.02. The summed E-state index contributed by atoms with van der Waals surface area (Å²) in [6.45, 7) is 4.72. The lowest BCUT2D eigenvalue weighted by molar-refractivity contribution is -0.138. The quantitative estimate of drug-likeness (QED) is 0.675. The molecule has 2 aliphatic rings. The molecule has 0 N–H and O–H groups in total. The molecule has 0 bridgehead atoms. The summed E-state index contributed by atoms with van der Waals surface area (Å²) < 4.78 is 26.7. The van der Waals surface area contributed by atoms with Gasteiger partial charge in [-0.3, -0.25) is 19.4 Å². The van der Waals surface area contributed by atoms with Crippen molar-refractivity contribution in [2.75, 3.05) is 45.5 Å². The topological polar surface area (TPSA) is 91.6 Å². The van der Waals surface area contributed by atoms with Gasteiger partial charge in [0.25, 0.3) is 0 Å². The van der Waals surface area contributed by atoms with E-state index in [0.29, 0.717) is 39.0 Å². The lowest BCUT2D eigenvalue weighted by Crippen LogP contribution is -2.51. The Labute approximate surface area is 183 Å². The third-order valence-corrected chi connectivity index (χ3v) is 7.58. The maximum Gasteiger partial charge on any atom is 0.225 e. The Morgan fingerprint density at radius 1 is 1.13 bits per heavy atom. The number of sulfonamides is 1. The minimum Gasteiger partial charge on any atom is -0.340 e. The molecule has 2 saturated heterocycles. The zero-order chi connectivity index (χ0) is 22.0. The van der Waals surface area contributed by atoms with Gasteiger partial charge in [0.05, 0.1) is 17.6 Å². The minimum atomic E-state index is -3.17. The van der Waals surface area contributed by atoms with Crippen LogP contribution < -0.4 is 0 Å². The molecule has 0 unspecified atom stereocenters. The van der Waals surface area contributed by atoms with Crippen LogP contribution in [-0.2, 0) is 28.4 Å². The van der Waals surface area contributed by atoms with Crippen LogP contribution in [0, 0.1) is 5.92 Å². The van der Waals surface area contributed by atoms with E-state index in [4.69, 9.17) is 0 Å². The number of amides is 1. The summed E-state index contributed by atoms with van der Waals surface area (Å²) in [7, 11) is -1.21. The van der Waals surface area contributed by atoms with Crippen molar-refractivity contribution in [1.29, 1.82) is 0 Å². The van der Waals surface area contributed by atoms with Gasteiger partial charge in [-0.05, 0) is 31.0 Å². The lowest BCUT2D eigenvalue weighted by atomic mass is 9.96. The zero-order valence-electron chi connectivity index (χ0n) is 18.1. The number of carbonyl (C=O) groups excluding carboxylic acids is 1. The number of pyridine rings is 1. The Hall–Kier alpha value is -2.30. The van der Waals surface area contributed by atoms with Crippen molar-refractivity contribution in [1.82, 2.24) is 28.9 Å². The molecule has 31 heavy (non-hydrogen) atoms. The van der Waals surface area contributed by atoms with Gasteiger partial charge in [-0.15, -0.1) is 0 Å². The molecule has 0 atom stereocenters. The Bertz CT molecular complexity index is 1010. The van der Waals surface area contributed by atoms with Crippen LogP contribution in [0.25, 0.3) is 11.3 Å². The molecule has 2 aliphatic heterocycles. The highest BCUT2D eigenvalue weighted by molar-refractivity contribution is 7.88. The van der Waals surface area contributed by atoms with E-state index in [1.165, 1.54) is 10.6 Å². The Morgan fingerprint density at radius 2 is 1.84 bits per heavy atom. The zero-order valence-corrected chi connectivity index (χ0v) is 19.0. The molecule has 0 radical (unpaired) electrons. The summed E-state index contributed by atoms with van der Waals surface area (Å²) in [5, 5.41) is 4.61. The van der Waals surface area contributed by atoms with Crippen molar-refractivity contribution in [3.8, 4) is 11.3 Å². The molecule has 2 aromatic heterocycles. The molecule has 4 heterocycles. The first-order valence-corrected chi connectivity index (χ1v) is 12.6. The average Bonchev–Trinajstić information content (AvgIpc) is 3.14. The summed E-state index contributed by atoms with van der Waals surface area (Å²) in [6, 6.07) is 6.01. The molecule has 0 aliphatic carbocycles. The third kappa shape index (κ3) is 5.13. The highest BCUT2D eigenvalue weighted by Gasteiger charge is 2.32. The van der Waals surface area contributed by atoms with Crippen LogP contribution in [-0.4, -0.2) is 88.7 Å². The summed E-state index contributed by atoms with van der Waals surface area (Å²) in [5.41, 5.74) is 3.05. The number of nitrogens with zero attached hydrogens (tertiary/aromatic N) is 6. The van der Waals surface area contributed by atoms with Gasteiger partial charge in [0.2, 0.25) is 15.9 Å². The van der Waals surface area contributed by atoms with Crippen molar-refractivity contribution >= 4 is 15.9 Å². The van der Waals surface area contributed by atoms with Crippen LogP contribution in [0.1, 0.15) is 18.5 Å². The molecule has 0 aromatic carbocycles. The van der Waals surface area contributed by atoms with Gasteiger partial charge < -0.3 is 4.90 Å². The number of rotatable bonds is 5. The SMILES string of the molecule is Cn1nc(-c2cccnc2)cc1CN1CCN(C(=O)C2CCN(S(C)(=O)=O)CC2)CC1. The Morgan fingerprint density at radius 3 is 2.45 bits per heavy atom. The van der Waals surface area contributed by atoms with Gasteiger partial charge in [-0.1, -0.05) is 0 Å². The molecule has 0 saturated carbocycles. The monoisotopic (exact) mass is 446 g/mol. The highest BCUT2D eigenvalue weighted by atomic mass is 32.2. The molecular weight excluding hydrogens is 416 g/mol. The molecule has 2 fully saturated rings. The van der Waals surface area contributed by atoms with E-state index in [-0.39, 0.29) is 11.8 Å².